The number of methoxy groups -OCH3 is 1. The van der Waals surface area contributed by atoms with Gasteiger partial charge in [-0.05, 0) is 6.42 Å². The average Bonchev–Trinajstić information content (AvgIpc) is 2.82. The zero-order valence-electron chi connectivity index (χ0n) is 12.2. The first-order valence-corrected chi connectivity index (χ1v) is 6.62. The molecule has 0 spiro atoms. The van der Waals surface area contributed by atoms with E-state index in [1.54, 1.807) is 14.1 Å². The van der Waals surface area contributed by atoms with Gasteiger partial charge in [0.25, 0.3) is 0 Å². The number of likely N-dealkylation sites (tertiary alicyclic amines) is 1. The van der Waals surface area contributed by atoms with Crippen LogP contribution in [-0.4, -0.2) is 72.6 Å². The number of hydrogen-bond acceptors (Lipinski definition) is 4. The number of hydrogen-bond donors (Lipinski definition) is 1. The molecule has 0 aromatic heterocycles. The summed E-state index contributed by atoms with van der Waals surface area (Å²) in [6.07, 6.45) is 0.978. The van der Waals surface area contributed by atoms with Crippen molar-refractivity contribution in [1.82, 2.24) is 9.80 Å². The maximum Gasteiger partial charge on any atom is 0.326 e. The van der Waals surface area contributed by atoms with Crippen molar-refractivity contribution < 1.29 is 24.2 Å². The molecule has 1 fully saturated rings. The molecule has 2 unspecified atom stereocenters. The van der Waals surface area contributed by atoms with Crippen LogP contribution in [0.4, 0.5) is 0 Å². The highest BCUT2D eigenvalue weighted by Gasteiger charge is 2.39. The minimum Gasteiger partial charge on any atom is -0.480 e. The topological polar surface area (TPSA) is 87.1 Å². The summed E-state index contributed by atoms with van der Waals surface area (Å²) in [6.45, 7) is 0.300. The van der Waals surface area contributed by atoms with Crippen LogP contribution < -0.4 is 0 Å². The highest BCUT2D eigenvalue weighted by atomic mass is 16.5. The van der Waals surface area contributed by atoms with Crippen molar-refractivity contribution >= 4 is 17.8 Å². The highest BCUT2D eigenvalue weighted by Crippen LogP contribution is 2.21. The van der Waals surface area contributed by atoms with Crippen LogP contribution >= 0.6 is 0 Å². The van der Waals surface area contributed by atoms with Crippen molar-refractivity contribution in [2.75, 3.05) is 27.7 Å². The van der Waals surface area contributed by atoms with Gasteiger partial charge in [-0.3, -0.25) is 9.59 Å². The lowest BCUT2D eigenvalue weighted by molar-refractivity contribution is -0.148. The first kappa shape index (κ1) is 16.4. The minimum atomic E-state index is -1.01. The van der Waals surface area contributed by atoms with Crippen molar-refractivity contribution in [2.45, 2.75) is 37.8 Å². The lowest BCUT2D eigenvalue weighted by Crippen LogP contribution is -2.40. The number of carbonyl (C=O) groups is 3. The number of ether oxygens (including phenoxy) is 1. The van der Waals surface area contributed by atoms with Crippen LogP contribution in [0.1, 0.15) is 25.7 Å². The summed E-state index contributed by atoms with van der Waals surface area (Å²) in [7, 11) is 4.83. The molecule has 1 aliphatic rings. The molecule has 114 valence electrons. The van der Waals surface area contributed by atoms with Crippen LogP contribution in [-0.2, 0) is 19.1 Å². The number of carboxylic acid groups (broad SMARTS) is 1. The van der Waals surface area contributed by atoms with Gasteiger partial charge in [-0.2, -0.15) is 0 Å². The van der Waals surface area contributed by atoms with Crippen LogP contribution in [0.3, 0.4) is 0 Å². The van der Waals surface area contributed by atoms with E-state index in [0.29, 0.717) is 19.4 Å². The SMILES string of the molecule is COC1CC(C(=O)O)N(C(=O)CCCC(=O)N(C)C)C1. The van der Waals surface area contributed by atoms with E-state index in [1.807, 2.05) is 0 Å². The molecule has 1 rings (SSSR count). The van der Waals surface area contributed by atoms with Gasteiger partial charge in [0, 0.05) is 47.0 Å². The van der Waals surface area contributed by atoms with E-state index in [-0.39, 0.29) is 30.8 Å². The maximum absolute atomic E-state index is 12.1. The summed E-state index contributed by atoms with van der Waals surface area (Å²) < 4.78 is 5.13. The molecule has 1 heterocycles. The van der Waals surface area contributed by atoms with Crippen LogP contribution in [0.5, 0.6) is 0 Å². The molecule has 7 heteroatoms. The number of rotatable bonds is 6. The first-order valence-electron chi connectivity index (χ1n) is 6.62. The summed E-state index contributed by atoms with van der Waals surface area (Å²) in [5.41, 5.74) is 0. The summed E-state index contributed by atoms with van der Waals surface area (Å²) in [4.78, 5) is 37.4. The average molecular weight is 286 g/mol. The Labute approximate surface area is 118 Å². The number of aliphatic carboxylic acids is 1. The van der Waals surface area contributed by atoms with Crippen molar-refractivity contribution in [3.05, 3.63) is 0 Å². The molecule has 0 aliphatic carbocycles. The Morgan fingerprint density at radius 1 is 1.30 bits per heavy atom. The molecule has 7 nitrogen and oxygen atoms in total. The standard InChI is InChI=1S/C13H22N2O5/c1-14(2)11(16)5-4-6-12(17)15-8-9(20-3)7-10(15)13(18)19/h9-10H,4-8H2,1-3H3,(H,18,19). The summed E-state index contributed by atoms with van der Waals surface area (Å²) in [6, 6.07) is -0.822. The lowest BCUT2D eigenvalue weighted by atomic mass is 10.1. The highest BCUT2D eigenvalue weighted by molar-refractivity contribution is 5.85. The lowest BCUT2D eigenvalue weighted by Gasteiger charge is -2.21. The van der Waals surface area contributed by atoms with E-state index in [1.165, 1.54) is 16.9 Å². The molecule has 1 aliphatic heterocycles. The number of carboxylic acids is 1. The third-order valence-corrected chi connectivity index (χ3v) is 3.48. The molecule has 0 aromatic carbocycles. The summed E-state index contributed by atoms with van der Waals surface area (Å²) >= 11 is 0. The van der Waals surface area contributed by atoms with E-state index in [0.717, 1.165) is 0 Å². The third kappa shape index (κ3) is 4.19. The van der Waals surface area contributed by atoms with Gasteiger partial charge in [-0.1, -0.05) is 0 Å². The van der Waals surface area contributed by atoms with E-state index in [9.17, 15) is 14.4 Å². The molecule has 1 N–H and O–H groups in total. The predicted octanol–water partition coefficient (Wildman–Crippen LogP) is -0.0546. The molecule has 0 saturated carbocycles. The van der Waals surface area contributed by atoms with Crippen LogP contribution in [0, 0.1) is 0 Å². The van der Waals surface area contributed by atoms with E-state index < -0.39 is 12.0 Å². The minimum absolute atomic E-state index is 0.0382. The zero-order chi connectivity index (χ0) is 15.3. The van der Waals surface area contributed by atoms with Crippen LogP contribution in [0.2, 0.25) is 0 Å². The van der Waals surface area contributed by atoms with Crippen LogP contribution in [0.15, 0.2) is 0 Å². The molecule has 2 atom stereocenters. The fraction of sp³-hybridized carbons (Fsp3) is 0.769. The van der Waals surface area contributed by atoms with Crippen molar-refractivity contribution in [3.63, 3.8) is 0 Å². The van der Waals surface area contributed by atoms with Gasteiger partial charge in [0.2, 0.25) is 11.8 Å². The molecule has 20 heavy (non-hydrogen) atoms. The molecule has 0 aromatic rings. The Bertz CT molecular complexity index is 383. The Hall–Kier alpha value is -1.63. The van der Waals surface area contributed by atoms with Gasteiger partial charge in [-0.25, -0.2) is 4.79 Å². The van der Waals surface area contributed by atoms with Gasteiger partial charge in [0.05, 0.1) is 6.10 Å². The van der Waals surface area contributed by atoms with Crippen LogP contribution in [0.25, 0.3) is 0 Å². The number of amides is 2. The fourth-order valence-electron chi connectivity index (χ4n) is 2.24. The van der Waals surface area contributed by atoms with Crippen molar-refractivity contribution in [1.29, 1.82) is 0 Å². The van der Waals surface area contributed by atoms with E-state index in [4.69, 9.17) is 9.84 Å². The van der Waals surface area contributed by atoms with Gasteiger partial charge >= 0.3 is 5.97 Å². The molecular weight excluding hydrogens is 264 g/mol. The van der Waals surface area contributed by atoms with Gasteiger partial charge in [-0.15, -0.1) is 0 Å². The number of carbonyl (C=O) groups excluding carboxylic acids is 2. The van der Waals surface area contributed by atoms with Gasteiger partial charge in [0.15, 0.2) is 0 Å². The fourth-order valence-corrected chi connectivity index (χ4v) is 2.24. The van der Waals surface area contributed by atoms with E-state index >= 15 is 0 Å². The molecule has 0 bridgehead atoms. The normalized spacial score (nSPS) is 21.9. The summed E-state index contributed by atoms with van der Waals surface area (Å²) in [5, 5.41) is 9.12. The predicted molar refractivity (Wildman–Crippen MR) is 71.1 cm³/mol. The second kappa shape index (κ2) is 7.23. The molecule has 2 amide bonds. The Morgan fingerprint density at radius 3 is 2.45 bits per heavy atom. The molecule has 1 saturated heterocycles. The Morgan fingerprint density at radius 2 is 1.95 bits per heavy atom. The van der Waals surface area contributed by atoms with Gasteiger partial charge < -0.3 is 19.6 Å². The molecule has 0 radical (unpaired) electrons. The Kier molecular flexibility index (Phi) is 5.94. The largest absolute Gasteiger partial charge is 0.480 e. The third-order valence-electron chi connectivity index (χ3n) is 3.48. The number of nitrogens with zero attached hydrogens (tertiary/aromatic N) is 2. The monoisotopic (exact) mass is 286 g/mol. The Balaban J connectivity index is 2.49. The smallest absolute Gasteiger partial charge is 0.326 e. The van der Waals surface area contributed by atoms with Crippen molar-refractivity contribution in [2.24, 2.45) is 0 Å². The van der Waals surface area contributed by atoms with E-state index in [2.05, 4.69) is 0 Å². The first-order chi connectivity index (χ1) is 9.36. The molecular formula is C13H22N2O5. The van der Waals surface area contributed by atoms with Crippen molar-refractivity contribution in [3.8, 4) is 0 Å². The van der Waals surface area contributed by atoms with Gasteiger partial charge in [0.1, 0.15) is 6.04 Å². The summed E-state index contributed by atoms with van der Waals surface area (Å²) in [5.74, 6) is -1.28. The zero-order valence-corrected chi connectivity index (χ0v) is 12.2. The maximum atomic E-state index is 12.1. The second-order valence-electron chi connectivity index (χ2n) is 5.14. The second-order valence-corrected chi connectivity index (χ2v) is 5.14. The quantitative estimate of drug-likeness (QED) is 0.739.